The van der Waals surface area contributed by atoms with Crippen LogP contribution in [0.15, 0.2) is 85.2 Å². The molecule has 5 N–H and O–H groups in total. The molecule has 0 bridgehead atoms. The van der Waals surface area contributed by atoms with Crippen molar-refractivity contribution in [3.05, 3.63) is 85.2 Å². The molecule has 4 saturated carbocycles. The average molecular weight is 1360 g/mol. The Morgan fingerprint density at radius 1 is 0.582 bits per heavy atom. The molecule has 4 aromatic rings. The summed E-state index contributed by atoms with van der Waals surface area (Å²) in [6.45, 7) is 6.51. The van der Waals surface area contributed by atoms with Crippen molar-refractivity contribution >= 4 is 47.8 Å². The number of esters is 2. The number of nitrogens with zero attached hydrogens (tertiary/aromatic N) is 7. The highest BCUT2D eigenvalue weighted by atomic mass is 16.6. The summed E-state index contributed by atoms with van der Waals surface area (Å²) < 4.78 is 32.2. The van der Waals surface area contributed by atoms with Gasteiger partial charge in [-0.05, 0) is 177 Å². The quantitative estimate of drug-likeness (QED) is 0.0472. The van der Waals surface area contributed by atoms with Crippen LogP contribution in [0.5, 0.6) is 11.5 Å². The van der Waals surface area contributed by atoms with Crippen LogP contribution in [0.25, 0.3) is 22.5 Å². The predicted octanol–water partition coefficient (Wildman–Crippen LogP) is 9.43. The zero-order valence-corrected chi connectivity index (χ0v) is 56.6. The van der Waals surface area contributed by atoms with E-state index in [2.05, 4.69) is 53.9 Å². The summed E-state index contributed by atoms with van der Waals surface area (Å²) in [6.07, 6.45) is 26.9. The first-order chi connectivity index (χ1) is 47.0. The first kappa shape index (κ1) is 73.4. The van der Waals surface area contributed by atoms with Gasteiger partial charge in [0.05, 0.1) is 45.9 Å². The normalized spacial score (nSPS) is 28.0. The molecule has 4 aliphatic carbocycles. The zero-order chi connectivity index (χ0) is 68.5. The molecule has 0 unspecified atom stereocenters. The summed E-state index contributed by atoms with van der Waals surface area (Å²) >= 11 is 0. The van der Waals surface area contributed by atoms with Crippen LogP contribution in [0.4, 0.5) is 9.59 Å². The van der Waals surface area contributed by atoms with Crippen LogP contribution in [0.3, 0.4) is 0 Å². The van der Waals surface area contributed by atoms with E-state index in [1.54, 1.807) is 50.2 Å². The Hall–Kier alpha value is -8.84. The van der Waals surface area contributed by atoms with Crippen molar-refractivity contribution in [2.45, 2.75) is 223 Å². The van der Waals surface area contributed by atoms with Gasteiger partial charge < -0.3 is 59.5 Å². The third kappa shape index (κ3) is 18.5. The van der Waals surface area contributed by atoms with E-state index in [1.165, 1.54) is 4.90 Å². The summed E-state index contributed by atoms with van der Waals surface area (Å²) in [5.41, 5.74) is 1.11. The van der Waals surface area contributed by atoms with Crippen LogP contribution in [-0.2, 0) is 47.7 Å². The van der Waals surface area contributed by atoms with E-state index in [-0.39, 0.29) is 81.3 Å². The lowest BCUT2D eigenvalue weighted by Gasteiger charge is -2.30. The number of carbonyl (C=O) groups excluding carboxylic acids is 8. The number of alkyl carbamates (subject to hydrolysis) is 2. The minimum Gasteiger partial charge on any atom is -0.497 e. The lowest BCUT2D eigenvalue weighted by atomic mass is 10.0. The molecule has 26 nitrogen and oxygen atoms in total. The van der Waals surface area contributed by atoms with Gasteiger partial charge in [-0.15, -0.1) is 0 Å². The van der Waals surface area contributed by atoms with Crippen LogP contribution < -0.4 is 30.7 Å². The van der Waals surface area contributed by atoms with E-state index in [9.17, 15) is 38.4 Å². The number of hydrogen-bond donors (Lipinski definition) is 5. The van der Waals surface area contributed by atoms with E-state index < -0.39 is 71.3 Å². The Labute approximate surface area is 574 Å². The summed E-state index contributed by atoms with van der Waals surface area (Å²) in [5, 5.41) is 31.1. The highest BCUT2D eigenvalue weighted by Crippen LogP contribution is 2.48. The van der Waals surface area contributed by atoms with Crippen molar-refractivity contribution in [1.82, 2.24) is 61.5 Å². The molecule has 2 aromatic carbocycles. The number of allylic oxidation sites excluding steroid dienone is 2. The number of H-pyrrole nitrogens is 1. The van der Waals surface area contributed by atoms with Gasteiger partial charge in [0.2, 0.25) is 23.6 Å². The van der Waals surface area contributed by atoms with Crippen molar-refractivity contribution < 1.29 is 66.8 Å². The Morgan fingerprint density at radius 2 is 1.04 bits per heavy atom. The van der Waals surface area contributed by atoms with E-state index in [1.807, 2.05) is 67.6 Å². The van der Waals surface area contributed by atoms with Crippen molar-refractivity contribution in [3.63, 3.8) is 0 Å². The molecule has 6 amide bonds. The number of carbonyl (C=O) groups is 8. The lowest BCUT2D eigenvalue weighted by Crippen LogP contribution is -2.56. The highest BCUT2D eigenvalue weighted by molar-refractivity contribution is 5.98. The summed E-state index contributed by atoms with van der Waals surface area (Å²) in [7, 11) is 3.25. The first-order valence-corrected chi connectivity index (χ1v) is 35.0. The molecule has 26 heteroatoms. The number of aromatic nitrogens is 6. The fraction of sp³-hybridized carbons (Fsp3) is 0.611. The molecule has 6 heterocycles. The number of fused-ring (bicyclic) bond motifs is 4. The van der Waals surface area contributed by atoms with Gasteiger partial charge >= 0.3 is 24.1 Å². The number of benzene rings is 2. The largest absolute Gasteiger partial charge is 0.497 e. The maximum atomic E-state index is 14.4. The molecule has 12 rings (SSSR count). The maximum absolute atomic E-state index is 14.4. The molecule has 2 aromatic heterocycles. The third-order valence-electron chi connectivity index (χ3n) is 19.8. The van der Waals surface area contributed by atoms with Crippen LogP contribution in [0.2, 0.25) is 0 Å². The van der Waals surface area contributed by atoms with Crippen LogP contribution in [0, 0.1) is 17.8 Å². The SMILES string of the molecule is C.CCOC(=O)[C@@]12C[C@H]1/C=C\CCCCC[C@H](NC(=O)OC1CCCC1)C(=O)N1C[C@@H](C)C[C@H]1C(=O)N2.CCOC(=O)[C@@]12C[C@H]1/C=C\CCCCC[C@H](NC(=O)OC1CCCC1)C(=O)N1C[C@H](n3ncc(-c4ccc(OC)cc4)n3)C[C@H]1C(=O)N2.COc1ccc(-c2cn[nH]n2)cc1. The topological polar surface area (TPSA) is 319 Å². The van der Waals surface area contributed by atoms with E-state index >= 15 is 0 Å². The second-order valence-electron chi connectivity index (χ2n) is 26.7. The van der Waals surface area contributed by atoms with Gasteiger partial charge in [-0.2, -0.15) is 30.4 Å². The average Bonchev–Trinajstić information content (AvgIpc) is 1.59. The van der Waals surface area contributed by atoms with Gasteiger partial charge in [-0.1, -0.05) is 64.3 Å². The van der Waals surface area contributed by atoms with Gasteiger partial charge in [-0.3, -0.25) is 19.2 Å². The van der Waals surface area contributed by atoms with Crippen molar-refractivity contribution in [2.75, 3.05) is 40.5 Å². The summed E-state index contributed by atoms with van der Waals surface area (Å²) in [4.78, 5) is 112. The number of hydrogen-bond acceptors (Lipinski definition) is 18. The van der Waals surface area contributed by atoms with Gasteiger partial charge in [0.1, 0.15) is 70.3 Å². The van der Waals surface area contributed by atoms with Crippen LogP contribution in [0.1, 0.15) is 175 Å². The molecule has 8 aliphatic rings. The molecule has 6 fully saturated rings. The predicted molar refractivity (Wildman–Crippen MR) is 363 cm³/mol. The van der Waals surface area contributed by atoms with Crippen molar-refractivity contribution in [3.8, 4) is 34.0 Å². The smallest absolute Gasteiger partial charge is 0.408 e. The molecule has 4 aliphatic heterocycles. The minimum absolute atomic E-state index is 0. The van der Waals surface area contributed by atoms with Crippen LogP contribution in [-0.4, -0.2) is 176 Å². The Bertz CT molecular complexity index is 3390. The monoisotopic (exact) mass is 1360 g/mol. The molecule has 0 radical (unpaired) electrons. The van der Waals surface area contributed by atoms with E-state index in [0.717, 1.165) is 125 Å². The summed E-state index contributed by atoms with van der Waals surface area (Å²) in [6, 6.07) is 11.5. The Balaban J connectivity index is 0.000000196. The van der Waals surface area contributed by atoms with Crippen LogP contribution >= 0.6 is 0 Å². The molecule has 98 heavy (non-hydrogen) atoms. The zero-order valence-electron chi connectivity index (χ0n) is 56.6. The number of methoxy groups -OCH3 is 2. The van der Waals surface area contributed by atoms with Gasteiger partial charge in [0.15, 0.2) is 0 Å². The molecule has 532 valence electrons. The number of ether oxygens (including phenoxy) is 6. The molecule has 10 atom stereocenters. The highest BCUT2D eigenvalue weighted by Gasteiger charge is 2.63. The second kappa shape index (κ2) is 34.6. The minimum atomic E-state index is -1.18. The van der Waals surface area contributed by atoms with Gasteiger partial charge in [0, 0.05) is 42.5 Å². The Morgan fingerprint density at radius 3 is 1.50 bits per heavy atom. The number of amides is 6. The number of aromatic amines is 1. The fourth-order valence-corrected chi connectivity index (χ4v) is 14.2. The first-order valence-electron chi connectivity index (χ1n) is 35.0. The lowest BCUT2D eigenvalue weighted by molar-refractivity contribution is -0.150. The molecule has 2 saturated heterocycles. The second-order valence-corrected chi connectivity index (χ2v) is 26.7. The maximum Gasteiger partial charge on any atom is 0.408 e. The van der Waals surface area contributed by atoms with Gasteiger partial charge in [0.25, 0.3) is 0 Å². The molecular formula is C72H100N12O14. The molecular weight excluding hydrogens is 1260 g/mol. The number of nitrogens with one attached hydrogen (secondary N) is 5. The number of rotatable bonds is 13. The standard InChI is InChI=1S/C35H46N6O7.C27H41N3O6.C9H9N3O.CH4/c1-3-47-33(44)35-20-24(35)11-7-5-4-6-8-14-28(37-34(45)48-27-12-9-10-13-27)32(43)40-22-25(19-30(40)31(42)38-35)41-36-21-29(39-41)23-15-17-26(46-2)18-16-23;1-3-35-25(33)27-16-19(27)11-7-5-4-6-8-14-21(28-26(34)36-20-12-9-10-13-20)24(32)30-17-18(2)15-22(30)23(31)29-27;1-13-8-4-2-7(3-5-8)9-6-10-12-11-9;/h7,11,15-18,21,24-25,27-28,30H,3-6,8-10,12-14,19-20,22H2,1-2H3,(H,37,45)(H,38,42);7,11,18-22H,3-6,8-10,12-17H2,1-2H3,(H,28,34)(H,29,31);2-6H,1H3,(H,10,11,12);1H4/b2*11-7-;;/t24-,25-,28+,30+,35-;18-,19+,21-,22-,27+;;/m10../s1. The van der Waals surface area contributed by atoms with Crippen molar-refractivity contribution in [2.24, 2.45) is 17.8 Å². The van der Waals surface area contributed by atoms with E-state index in [4.69, 9.17) is 33.5 Å². The molecule has 0 spiro atoms. The summed E-state index contributed by atoms with van der Waals surface area (Å²) in [5.74, 6) is -0.899. The third-order valence-corrected chi connectivity index (χ3v) is 19.8. The van der Waals surface area contributed by atoms with E-state index in [0.29, 0.717) is 50.8 Å². The van der Waals surface area contributed by atoms with Gasteiger partial charge in [-0.25, -0.2) is 19.2 Å². The Kier molecular flexibility index (Phi) is 25.9. The van der Waals surface area contributed by atoms with Crippen molar-refractivity contribution in [1.29, 1.82) is 0 Å². The fourth-order valence-electron chi connectivity index (χ4n) is 14.2.